The lowest BCUT2D eigenvalue weighted by Gasteiger charge is -2.37. The van der Waals surface area contributed by atoms with Crippen molar-refractivity contribution in [3.8, 4) is 0 Å². The normalized spacial score (nSPS) is 18.3. The Balaban J connectivity index is 1.94. The van der Waals surface area contributed by atoms with Crippen LogP contribution in [0.1, 0.15) is 36.6 Å². The minimum atomic E-state index is -4.76. The summed E-state index contributed by atoms with van der Waals surface area (Å²) < 4.78 is 53.8. The van der Waals surface area contributed by atoms with Crippen molar-refractivity contribution in [2.45, 2.75) is 45.5 Å². The van der Waals surface area contributed by atoms with Crippen LogP contribution in [0.25, 0.3) is 12.2 Å². The summed E-state index contributed by atoms with van der Waals surface area (Å²) in [6, 6.07) is 3.57. The van der Waals surface area contributed by atoms with Crippen LogP contribution in [0.5, 0.6) is 0 Å². The van der Waals surface area contributed by atoms with E-state index in [4.69, 9.17) is 0 Å². The molecular formula is C25H31F4N5. The predicted octanol–water partition coefficient (Wildman–Crippen LogP) is 3.68. The Labute approximate surface area is 197 Å². The Morgan fingerprint density at radius 3 is 2.68 bits per heavy atom. The van der Waals surface area contributed by atoms with Gasteiger partial charge in [-0.3, -0.25) is 0 Å². The molecule has 2 aromatic rings. The molecule has 1 aromatic carbocycles. The number of nitrogens with zero attached hydrogens (tertiary/aromatic N) is 4. The van der Waals surface area contributed by atoms with Gasteiger partial charge in [0.25, 0.3) is 0 Å². The van der Waals surface area contributed by atoms with E-state index in [1.54, 1.807) is 0 Å². The van der Waals surface area contributed by atoms with Gasteiger partial charge in [-0.1, -0.05) is 24.8 Å². The number of rotatable bonds is 6. The SMILES string of the molecule is C=C(/C=c1/c(NCc2cccc(C(F)(F)F)c2F)nnc(C)/c1=C/C)N(C)C1CCCN(C)C1. The molecule has 5 nitrogen and oxygen atoms in total. The van der Waals surface area contributed by atoms with Gasteiger partial charge < -0.3 is 15.1 Å². The molecular weight excluding hydrogens is 446 g/mol. The summed E-state index contributed by atoms with van der Waals surface area (Å²) in [4.78, 5) is 4.43. The zero-order valence-corrected chi connectivity index (χ0v) is 20.0. The first-order chi connectivity index (χ1) is 16.0. The van der Waals surface area contributed by atoms with E-state index >= 15 is 0 Å². The van der Waals surface area contributed by atoms with Gasteiger partial charge >= 0.3 is 6.18 Å². The summed E-state index contributed by atoms with van der Waals surface area (Å²) in [6.45, 7) is 9.78. The molecule has 3 rings (SSSR count). The highest BCUT2D eigenvalue weighted by atomic mass is 19.4. The number of hydrogen-bond acceptors (Lipinski definition) is 5. The first-order valence-electron chi connectivity index (χ1n) is 11.2. The van der Waals surface area contributed by atoms with Crippen LogP contribution in [-0.4, -0.2) is 53.2 Å². The van der Waals surface area contributed by atoms with Crippen LogP contribution in [0, 0.1) is 12.7 Å². The number of alkyl halides is 3. The molecule has 1 aromatic heterocycles. The van der Waals surface area contributed by atoms with Crippen LogP contribution in [0.2, 0.25) is 0 Å². The number of benzene rings is 1. The number of aromatic nitrogens is 2. The van der Waals surface area contributed by atoms with Crippen molar-refractivity contribution >= 4 is 18.0 Å². The van der Waals surface area contributed by atoms with Crippen molar-refractivity contribution in [1.82, 2.24) is 20.0 Å². The first-order valence-corrected chi connectivity index (χ1v) is 11.2. The Kier molecular flexibility index (Phi) is 7.97. The molecule has 1 atom stereocenters. The lowest BCUT2D eigenvalue weighted by atomic mass is 10.0. The molecule has 184 valence electrons. The Bertz CT molecular complexity index is 1160. The third-order valence-corrected chi connectivity index (χ3v) is 6.27. The van der Waals surface area contributed by atoms with E-state index in [2.05, 4.69) is 38.9 Å². The van der Waals surface area contributed by atoms with Crippen molar-refractivity contribution in [3.05, 3.63) is 63.6 Å². The van der Waals surface area contributed by atoms with Gasteiger partial charge in [-0.25, -0.2) is 4.39 Å². The smallest absolute Gasteiger partial charge is 0.371 e. The molecule has 34 heavy (non-hydrogen) atoms. The molecule has 1 fully saturated rings. The van der Waals surface area contributed by atoms with Crippen LogP contribution in [0.4, 0.5) is 23.4 Å². The topological polar surface area (TPSA) is 44.3 Å². The van der Waals surface area contributed by atoms with E-state index in [-0.39, 0.29) is 12.1 Å². The number of piperidine rings is 1. The molecule has 0 bridgehead atoms. The molecule has 1 N–H and O–H groups in total. The molecule has 1 aliphatic heterocycles. The van der Waals surface area contributed by atoms with Crippen LogP contribution >= 0.6 is 0 Å². The second-order valence-corrected chi connectivity index (χ2v) is 8.68. The van der Waals surface area contributed by atoms with Crippen molar-refractivity contribution in [2.24, 2.45) is 0 Å². The van der Waals surface area contributed by atoms with Gasteiger partial charge in [0.1, 0.15) is 5.82 Å². The summed E-state index contributed by atoms with van der Waals surface area (Å²) in [5, 5.41) is 12.9. The van der Waals surface area contributed by atoms with Gasteiger partial charge in [-0.05, 0) is 52.4 Å². The van der Waals surface area contributed by atoms with Gasteiger partial charge in [0.15, 0.2) is 5.82 Å². The van der Waals surface area contributed by atoms with Crippen LogP contribution in [-0.2, 0) is 12.7 Å². The zero-order valence-electron chi connectivity index (χ0n) is 20.0. The van der Waals surface area contributed by atoms with Crippen LogP contribution < -0.4 is 15.8 Å². The van der Waals surface area contributed by atoms with Crippen molar-refractivity contribution in [3.63, 3.8) is 0 Å². The second kappa shape index (κ2) is 10.5. The number of anilines is 1. The van der Waals surface area contributed by atoms with Crippen molar-refractivity contribution in [1.29, 1.82) is 0 Å². The number of aryl methyl sites for hydroxylation is 1. The summed E-state index contributed by atoms with van der Waals surface area (Å²) in [7, 11) is 4.10. The maximum atomic E-state index is 14.5. The number of nitrogens with one attached hydrogen (secondary N) is 1. The maximum Gasteiger partial charge on any atom is 0.419 e. The lowest BCUT2D eigenvalue weighted by molar-refractivity contribution is -0.140. The standard InChI is InChI=1S/C25H31F4N5/c1-6-20-17(3)31-32-24(30-14-18-9-7-11-22(23(18)26)25(27,28)29)21(20)13-16(2)34(5)19-10-8-12-33(4)15-19/h6-7,9,11,13,19H,2,8,10,12,14-15H2,1,3-5H3,(H,30,32)/b20-6-,21-13+. The number of hydrogen-bond donors (Lipinski definition) is 1. The van der Waals surface area contributed by atoms with Crippen LogP contribution in [0.3, 0.4) is 0 Å². The number of allylic oxidation sites excluding steroid dienone is 1. The van der Waals surface area contributed by atoms with Crippen molar-refractivity contribution in [2.75, 3.05) is 32.5 Å². The largest absolute Gasteiger partial charge is 0.419 e. The van der Waals surface area contributed by atoms with E-state index in [1.165, 1.54) is 12.1 Å². The highest BCUT2D eigenvalue weighted by Crippen LogP contribution is 2.32. The predicted molar refractivity (Wildman–Crippen MR) is 127 cm³/mol. The summed E-state index contributed by atoms with van der Waals surface area (Å²) in [5.41, 5.74) is 0.0940. The Morgan fingerprint density at radius 2 is 2.03 bits per heavy atom. The third kappa shape index (κ3) is 5.75. The van der Waals surface area contributed by atoms with E-state index in [0.717, 1.165) is 42.9 Å². The minimum absolute atomic E-state index is 0.105. The monoisotopic (exact) mass is 477 g/mol. The van der Waals surface area contributed by atoms with Crippen LogP contribution in [0.15, 0.2) is 30.5 Å². The van der Waals surface area contributed by atoms with E-state index < -0.39 is 17.6 Å². The molecule has 9 heteroatoms. The number of likely N-dealkylation sites (tertiary alicyclic amines) is 1. The summed E-state index contributed by atoms with van der Waals surface area (Å²) >= 11 is 0. The molecule has 1 aliphatic rings. The zero-order chi connectivity index (χ0) is 25.0. The van der Waals surface area contributed by atoms with Gasteiger partial charge in [0.05, 0.1) is 11.3 Å². The van der Waals surface area contributed by atoms with E-state index in [1.807, 2.05) is 33.0 Å². The first kappa shape index (κ1) is 25.7. The average molecular weight is 478 g/mol. The average Bonchev–Trinajstić information content (AvgIpc) is 2.78. The fourth-order valence-electron chi connectivity index (χ4n) is 4.27. The summed E-state index contributed by atoms with van der Waals surface area (Å²) in [5.74, 6) is -0.938. The summed E-state index contributed by atoms with van der Waals surface area (Å²) in [6.07, 6.45) is 1.21. The molecule has 0 amide bonds. The van der Waals surface area contributed by atoms with Gasteiger partial charge in [0, 0.05) is 47.9 Å². The Morgan fingerprint density at radius 1 is 1.29 bits per heavy atom. The second-order valence-electron chi connectivity index (χ2n) is 8.68. The molecule has 1 unspecified atom stereocenters. The number of halogens is 4. The van der Waals surface area contributed by atoms with E-state index in [9.17, 15) is 17.6 Å². The molecule has 1 saturated heterocycles. The van der Waals surface area contributed by atoms with Gasteiger partial charge in [-0.2, -0.15) is 18.3 Å². The molecule has 0 aliphatic carbocycles. The highest BCUT2D eigenvalue weighted by Gasteiger charge is 2.34. The number of likely N-dealkylation sites (N-methyl/N-ethyl adjacent to an activating group) is 2. The van der Waals surface area contributed by atoms with Crippen molar-refractivity contribution < 1.29 is 17.6 Å². The molecule has 2 heterocycles. The lowest BCUT2D eigenvalue weighted by Crippen LogP contribution is -2.44. The third-order valence-electron chi connectivity index (χ3n) is 6.27. The van der Waals surface area contributed by atoms with Gasteiger partial charge in [-0.15, -0.1) is 5.10 Å². The molecule has 0 radical (unpaired) electrons. The quantitative estimate of drug-likeness (QED) is 0.644. The molecule has 0 spiro atoms. The molecule has 0 saturated carbocycles. The fourth-order valence-corrected chi connectivity index (χ4v) is 4.27. The fraction of sp³-hybridized carbons (Fsp3) is 0.440. The maximum absolute atomic E-state index is 14.5. The van der Waals surface area contributed by atoms with Gasteiger partial charge in [0.2, 0.25) is 0 Å². The minimum Gasteiger partial charge on any atom is -0.371 e. The highest BCUT2D eigenvalue weighted by molar-refractivity contribution is 5.53. The Hall–Kier alpha value is -2.94. The van der Waals surface area contributed by atoms with E-state index in [0.29, 0.717) is 22.8 Å².